The lowest BCUT2D eigenvalue weighted by molar-refractivity contribution is -0.111. The topological polar surface area (TPSA) is 38.5 Å². The minimum atomic E-state index is 0.327. The van der Waals surface area contributed by atoms with E-state index in [1.54, 1.807) is 18.4 Å². The second kappa shape index (κ2) is 4.23. The maximum Gasteiger partial charge on any atom is 0.124 e. The number of likely N-dealkylation sites (N-methyl/N-ethyl adjacent to an activating group) is 1. The molecule has 0 fully saturated rings. The molecule has 0 N–H and O–H groups in total. The zero-order valence-corrected chi connectivity index (χ0v) is 7.65. The van der Waals surface area contributed by atoms with Gasteiger partial charge in [-0.1, -0.05) is 12.1 Å². The third-order valence-electron chi connectivity index (χ3n) is 1.81. The molecule has 1 heterocycles. The fourth-order valence-corrected chi connectivity index (χ4v) is 1.03. The van der Waals surface area contributed by atoms with E-state index in [1.165, 1.54) is 0 Å². The van der Waals surface area contributed by atoms with Crippen molar-refractivity contribution < 1.29 is 9.36 Å². The average molecular weight is 170 g/mol. The molecule has 1 aromatic rings. The van der Waals surface area contributed by atoms with Crippen molar-refractivity contribution in [2.75, 3.05) is 20.7 Å². The molecule has 0 aliphatic carbocycles. The van der Waals surface area contributed by atoms with Crippen LogP contribution in [0.4, 0.5) is 0 Å². The molecule has 68 valence electrons. The van der Waals surface area contributed by atoms with Gasteiger partial charge in [0.15, 0.2) is 0 Å². The number of hydroxylamine groups is 2. The number of rotatable bonds is 4. The van der Waals surface area contributed by atoms with Gasteiger partial charge in [0.25, 0.3) is 0 Å². The van der Waals surface area contributed by atoms with Crippen molar-refractivity contribution in [1.82, 2.24) is 10.2 Å². The summed E-state index contributed by atoms with van der Waals surface area (Å²) in [6.07, 6.45) is 1.58. The lowest BCUT2D eigenvalue weighted by Crippen LogP contribution is -2.22. The van der Waals surface area contributed by atoms with Crippen molar-refractivity contribution in [3.05, 3.63) is 18.0 Å². The summed E-state index contributed by atoms with van der Waals surface area (Å²) in [5.74, 6) is 0.327. The van der Waals surface area contributed by atoms with Crippen molar-refractivity contribution in [3.63, 3.8) is 0 Å². The Labute approximate surface area is 72.0 Å². The molecule has 0 spiro atoms. The van der Waals surface area contributed by atoms with Gasteiger partial charge in [-0.05, 0) is 0 Å². The molecule has 1 rings (SSSR count). The summed E-state index contributed by atoms with van der Waals surface area (Å²) in [4.78, 5) is 4.99. The van der Waals surface area contributed by atoms with Crippen LogP contribution in [0.5, 0.6) is 0 Å². The highest BCUT2D eigenvalue weighted by molar-refractivity contribution is 5.02. The average Bonchev–Trinajstić information content (AvgIpc) is 2.56. The SMILES string of the molecule is CON(C)CC(C)c1ccon1. The monoisotopic (exact) mass is 170 g/mol. The third kappa shape index (κ3) is 2.32. The Bertz CT molecular complexity index is 211. The van der Waals surface area contributed by atoms with Gasteiger partial charge in [-0.2, -0.15) is 5.06 Å². The highest BCUT2D eigenvalue weighted by atomic mass is 16.7. The van der Waals surface area contributed by atoms with Crippen LogP contribution in [0.1, 0.15) is 18.5 Å². The summed E-state index contributed by atoms with van der Waals surface area (Å²) >= 11 is 0. The van der Waals surface area contributed by atoms with E-state index < -0.39 is 0 Å². The maximum absolute atomic E-state index is 4.99. The fourth-order valence-electron chi connectivity index (χ4n) is 1.03. The summed E-state index contributed by atoms with van der Waals surface area (Å²) in [6, 6.07) is 1.87. The Morgan fingerprint density at radius 3 is 3.00 bits per heavy atom. The molecule has 0 bridgehead atoms. The molecule has 12 heavy (non-hydrogen) atoms. The van der Waals surface area contributed by atoms with Crippen LogP contribution in [0.15, 0.2) is 16.9 Å². The minimum absolute atomic E-state index is 0.327. The minimum Gasteiger partial charge on any atom is -0.365 e. The summed E-state index contributed by atoms with van der Waals surface area (Å²) in [5, 5.41) is 5.61. The molecule has 1 atom stereocenters. The van der Waals surface area contributed by atoms with Gasteiger partial charge in [-0.3, -0.25) is 0 Å². The Balaban J connectivity index is 2.44. The fraction of sp³-hybridized carbons (Fsp3) is 0.625. The summed E-state index contributed by atoms with van der Waals surface area (Å²) in [6.45, 7) is 2.89. The first-order valence-electron chi connectivity index (χ1n) is 3.89. The summed E-state index contributed by atoms with van der Waals surface area (Å²) in [7, 11) is 3.53. The highest BCUT2D eigenvalue weighted by Gasteiger charge is 2.10. The highest BCUT2D eigenvalue weighted by Crippen LogP contribution is 2.12. The quantitative estimate of drug-likeness (QED) is 0.638. The van der Waals surface area contributed by atoms with Crippen molar-refractivity contribution in [1.29, 1.82) is 0 Å². The van der Waals surface area contributed by atoms with E-state index in [4.69, 9.17) is 9.36 Å². The molecule has 0 aliphatic heterocycles. The number of hydrogen-bond acceptors (Lipinski definition) is 4. The Hall–Kier alpha value is -0.870. The van der Waals surface area contributed by atoms with Gasteiger partial charge in [-0.25, -0.2) is 0 Å². The van der Waals surface area contributed by atoms with E-state index in [1.807, 2.05) is 13.1 Å². The predicted molar refractivity (Wildman–Crippen MR) is 44.6 cm³/mol. The largest absolute Gasteiger partial charge is 0.365 e. The van der Waals surface area contributed by atoms with Crippen molar-refractivity contribution in [2.24, 2.45) is 0 Å². The van der Waals surface area contributed by atoms with Gasteiger partial charge in [-0.15, -0.1) is 0 Å². The van der Waals surface area contributed by atoms with Crippen LogP contribution in [0.25, 0.3) is 0 Å². The smallest absolute Gasteiger partial charge is 0.124 e. The van der Waals surface area contributed by atoms with Crippen LogP contribution in [-0.2, 0) is 4.84 Å². The zero-order chi connectivity index (χ0) is 8.97. The molecule has 1 unspecified atom stereocenters. The molecule has 4 nitrogen and oxygen atoms in total. The first kappa shape index (κ1) is 9.22. The Morgan fingerprint density at radius 1 is 1.75 bits per heavy atom. The molecule has 1 aromatic heterocycles. The van der Waals surface area contributed by atoms with Gasteiger partial charge >= 0.3 is 0 Å². The lowest BCUT2D eigenvalue weighted by Gasteiger charge is -2.16. The second-order valence-electron chi connectivity index (χ2n) is 2.82. The molecule has 0 radical (unpaired) electrons. The standard InChI is InChI=1S/C8H14N2O2/c1-7(6-10(2)11-3)8-4-5-12-9-8/h4-5,7H,6H2,1-3H3. The second-order valence-corrected chi connectivity index (χ2v) is 2.82. The zero-order valence-electron chi connectivity index (χ0n) is 7.65. The first-order chi connectivity index (χ1) is 5.74. The Kier molecular flexibility index (Phi) is 3.25. The van der Waals surface area contributed by atoms with E-state index in [0.717, 1.165) is 12.2 Å². The first-order valence-corrected chi connectivity index (χ1v) is 3.89. The lowest BCUT2D eigenvalue weighted by atomic mass is 10.1. The van der Waals surface area contributed by atoms with Gasteiger partial charge < -0.3 is 9.36 Å². The van der Waals surface area contributed by atoms with E-state index in [2.05, 4.69) is 12.1 Å². The van der Waals surface area contributed by atoms with Crippen LogP contribution < -0.4 is 0 Å². The van der Waals surface area contributed by atoms with Crippen LogP contribution in [0, 0.1) is 0 Å². The van der Waals surface area contributed by atoms with E-state index in [0.29, 0.717) is 5.92 Å². The van der Waals surface area contributed by atoms with Crippen LogP contribution in [-0.4, -0.2) is 30.9 Å². The number of nitrogens with zero attached hydrogens (tertiary/aromatic N) is 2. The van der Waals surface area contributed by atoms with Crippen LogP contribution >= 0.6 is 0 Å². The van der Waals surface area contributed by atoms with Crippen molar-refractivity contribution in [3.8, 4) is 0 Å². The maximum atomic E-state index is 4.99. The molecular formula is C8H14N2O2. The number of aromatic nitrogens is 1. The van der Waals surface area contributed by atoms with Gasteiger partial charge in [0.05, 0.1) is 12.8 Å². The van der Waals surface area contributed by atoms with E-state index in [9.17, 15) is 0 Å². The number of hydrogen-bond donors (Lipinski definition) is 0. The summed E-state index contributed by atoms with van der Waals surface area (Å²) in [5.41, 5.74) is 0.957. The Morgan fingerprint density at radius 2 is 2.50 bits per heavy atom. The predicted octanol–water partition coefficient (Wildman–Crippen LogP) is 1.27. The van der Waals surface area contributed by atoms with Crippen LogP contribution in [0.2, 0.25) is 0 Å². The molecule has 0 aliphatic rings. The van der Waals surface area contributed by atoms with Gasteiger partial charge in [0.1, 0.15) is 6.26 Å². The van der Waals surface area contributed by atoms with Crippen molar-refractivity contribution >= 4 is 0 Å². The molecule has 0 aromatic carbocycles. The van der Waals surface area contributed by atoms with Gasteiger partial charge in [0, 0.05) is 25.6 Å². The molecular weight excluding hydrogens is 156 g/mol. The van der Waals surface area contributed by atoms with Gasteiger partial charge in [0.2, 0.25) is 0 Å². The molecule has 0 saturated heterocycles. The van der Waals surface area contributed by atoms with Crippen molar-refractivity contribution in [2.45, 2.75) is 12.8 Å². The summed E-state index contributed by atoms with van der Waals surface area (Å²) < 4.78 is 4.74. The normalized spacial score (nSPS) is 13.7. The molecule has 0 amide bonds. The van der Waals surface area contributed by atoms with E-state index >= 15 is 0 Å². The molecule has 0 saturated carbocycles. The van der Waals surface area contributed by atoms with E-state index in [-0.39, 0.29) is 0 Å². The van der Waals surface area contributed by atoms with Crippen LogP contribution in [0.3, 0.4) is 0 Å². The molecule has 4 heteroatoms. The third-order valence-corrected chi connectivity index (χ3v) is 1.81.